The minimum absolute atomic E-state index is 0.0899. The molecule has 2 aromatic carbocycles. The fourth-order valence-corrected chi connectivity index (χ4v) is 4.65. The van der Waals surface area contributed by atoms with Gasteiger partial charge in [-0.3, -0.25) is 9.52 Å². The molecule has 1 aliphatic rings. The van der Waals surface area contributed by atoms with Crippen molar-refractivity contribution in [2.75, 3.05) is 4.72 Å². The van der Waals surface area contributed by atoms with Crippen LogP contribution in [0.3, 0.4) is 0 Å². The van der Waals surface area contributed by atoms with E-state index < -0.39 is 16.1 Å². The Morgan fingerprint density at radius 3 is 2.58 bits per heavy atom. The van der Waals surface area contributed by atoms with Gasteiger partial charge in [-0.25, -0.2) is 13.4 Å². The van der Waals surface area contributed by atoms with Gasteiger partial charge in [0.15, 0.2) is 0 Å². The molecule has 1 amide bonds. The fourth-order valence-electron chi connectivity index (χ4n) is 3.43. The van der Waals surface area contributed by atoms with Crippen LogP contribution in [0.1, 0.15) is 37.1 Å². The number of sulfonamides is 1. The van der Waals surface area contributed by atoms with E-state index in [1.54, 1.807) is 49.6 Å². The molecule has 3 aromatic rings. The van der Waals surface area contributed by atoms with Gasteiger partial charge in [0, 0.05) is 23.4 Å². The van der Waals surface area contributed by atoms with Crippen molar-refractivity contribution in [1.29, 1.82) is 0 Å². The van der Waals surface area contributed by atoms with Crippen LogP contribution >= 0.6 is 11.6 Å². The summed E-state index contributed by atoms with van der Waals surface area (Å²) in [6.45, 7) is 1.76. The molecule has 4 rings (SSSR count). The van der Waals surface area contributed by atoms with Crippen LogP contribution in [0.2, 0.25) is 5.02 Å². The zero-order chi connectivity index (χ0) is 22.0. The molecule has 0 saturated heterocycles. The first-order chi connectivity index (χ1) is 14.9. The lowest BCUT2D eigenvalue weighted by Crippen LogP contribution is -2.27. The Kier molecular flexibility index (Phi) is 5.84. The van der Waals surface area contributed by atoms with Gasteiger partial charge in [-0.1, -0.05) is 36.7 Å². The molecule has 0 unspecified atom stereocenters. The first-order valence-electron chi connectivity index (χ1n) is 9.70. The van der Waals surface area contributed by atoms with Crippen molar-refractivity contribution in [3.05, 3.63) is 83.3 Å². The molecule has 1 aromatic heterocycles. The largest absolute Gasteiger partial charge is 0.463 e. The molecular formula is C22H20ClN3O4S. The molecule has 0 spiro atoms. The summed E-state index contributed by atoms with van der Waals surface area (Å²) >= 11 is 5.88. The van der Waals surface area contributed by atoms with Crippen molar-refractivity contribution >= 4 is 38.9 Å². The Morgan fingerprint density at radius 1 is 1.16 bits per heavy atom. The Balaban J connectivity index is 1.69. The van der Waals surface area contributed by atoms with E-state index in [1.165, 1.54) is 29.3 Å². The summed E-state index contributed by atoms with van der Waals surface area (Å²) < 4.78 is 33.9. The Bertz CT molecular complexity index is 1220. The van der Waals surface area contributed by atoms with Gasteiger partial charge < -0.3 is 4.42 Å². The lowest BCUT2D eigenvalue weighted by atomic mass is 9.99. The van der Waals surface area contributed by atoms with Crippen LogP contribution in [0.5, 0.6) is 0 Å². The van der Waals surface area contributed by atoms with Crippen molar-refractivity contribution in [3.63, 3.8) is 0 Å². The number of nitrogens with zero attached hydrogens (tertiary/aromatic N) is 2. The van der Waals surface area contributed by atoms with E-state index in [0.717, 1.165) is 0 Å². The van der Waals surface area contributed by atoms with Gasteiger partial charge in [0.25, 0.3) is 10.0 Å². The predicted molar refractivity (Wildman–Crippen MR) is 118 cm³/mol. The number of hydrogen-bond donors (Lipinski definition) is 1. The number of anilines is 1. The van der Waals surface area contributed by atoms with Gasteiger partial charge in [0.05, 0.1) is 22.9 Å². The molecule has 1 N–H and O–H groups in total. The lowest BCUT2D eigenvalue weighted by Gasteiger charge is -2.24. The number of hydrogen-bond acceptors (Lipinski definition) is 5. The van der Waals surface area contributed by atoms with E-state index in [1.807, 2.05) is 0 Å². The predicted octanol–water partition coefficient (Wildman–Crippen LogP) is 4.82. The number of para-hydroxylation sites is 1. The van der Waals surface area contributed by atoms with Crippen LogP contribution in [0.4, 0.5) is 5.69 Å². The second kappa shape index (κ2) is 8.56. The highest BCUT2D eigenvalue weighted by Crippen LogP contribution is 2.37. The quantitative estimate of drug-likeness (QED) is 0.574. The molecule has 1 aliphatic heterocycles. The maximum Gasteiger partial charge on any atom is 0.261 e. The number of furan rings is 1. The van der Waals surface area contributed by atoms with Crippen LogP contribution in [0.25, 0.3) is 0 Å². The third kappa shape index (κ3) is 4.35. The number of hydrazone groups is 1. The molecule has 2 heterocycles. The number of halogens is 1. The highest BCUT2D eigenvalue weighted by molar-refractivity contribution is 7.92. The summed E-state index contributed by atoms with van der Waals surface area (Å²) in [7, 11) is -3.85. The van der Waals surface area contributed by atoms with E-state index in [0.29, 0.717) is 34.2 Å². The maximum atomic E-state index is 12.9. The first kappa shape index (κ1) is 21.1. The molecule has 0 fully saturated rings. The standard InChI is InChI=1S/C22H20ClN3O4S/c1-2-22(27)26-20(14-19(24-26)21-8-5-13-30-21)17-6-3-4-7-18(17)25-31(28,29)16-11-9-15(23)10-12-16/h3-13,20,25H,2,14H2,1H3/t20-/m0/s1. The van der Waals surface area contributed by atoms with E-state index in [-0.39, 0.29) is 17.2 Å². The number of benzene rings is 2. The van der Waals surface area contributed by atoms with Crippen LogP contribution in [0.15, 0.2) is 81.3 Å². The number of carbonyl (C=O) groups excluding carboxylic acids is 1. The topological polar surface area (TPSA) is 92.0 Å². The van der Waals surface area contributed by atoms with Gasteiger partial charge >= 0.3 is 0 Å². The van der Waals surface area contributed by atoms with Crippen molar-refractivity contribution in [1.82, 2.24) is 5.01 Å². The molecule has 0 aliphatic carbocycles. The molecule has 0 radical (unpaired) electrons. The van der Waals surface area contributed by atoms with Crippen LogP contribution in [-0.4, -0.2) is 25.0 Å². The SMILES string of the molecule is CCC(=O)N1N=C(c2ccco2)C[C@H]1c1ccccc1NS(=O)(=O)c1ccc(Cl)cc1. The van der Waals surface area contributed by atoms with E-state index in [2.05, 4.69) is 9.82 Å². The van der Waals surface area contributed by atoms with Gasteiger partial charge in [-0.05, 0) is 42.5 Å². The van der Waals surface area contributed by atoms with Crippen LogP contribution < -0.4 is 4.72 Å². The molecule has 1 atom stereocenters. The van der Waals surface area contributed by atoms with Crippen molar-refractivity contribution in [3.8, 4) is 0 Å². The van der Waals surface area contributed by atoms with Gasteiger partial charge in [-0.2, -0.15) is 5.10 Å². The van der Waals surface area contributed by atoms with Crippen LogP contribution in [-0.2, 0) is 14.8 Å². The summed E-state index contributed by atoms with van der Waals surface area (Å²) in [6, 6.07) is 16.0. The summed E-state index contributed by atoms with van der Waals surface area (Å²) in [5.74, 6) is 0.414. The zero-order valence-corrected chi connectivity index (χ0v) is 18.2. The number of nitrogens with one attached hydrogen (secondary N) is 1. The average Bonchev–Trinajstić information content (AvgIpc) is 3.44. The number of rotatable bonds is 6. The van der Waals surface area contributed by atoms with Crippen molar-refractivity contribution in [2.45, 2.75) is 30.7 Å². The Hall–Kier alpha value is -3.10. The van der Waals surface area contributed by atoms with Gasteiger partial charge in [-0.15, -0.1) is 0 Å². The monoisotopic (exact) mass is 457 g/mol. The average molecular weight is 458 g/mol. The highest BCUT2D eigenvalue weighted by atomic mass is 35.5. The lowest BCUT2D eigenvalue weighted by molar-refractivity contribution is -0.132. The summed E-state index contributed by atoms with van der Waals surface area (Å²) in [5.41, 5.74) is 1.66. The molecular weight excluding hydrogens is 438 g/mol. The van der Waals surface area contributed by atoms with Crippen molar-refractivity contribution < 1.29 is 17.6 Å². The molecule has 160 valence electrons. The minimum atomic E-state index is -3.85. The van der Waals surface area contributed by atoms with E-state index >= 15 is 0 Å². The summed E-state index contributed by atoms with van der Waals surface area (Å²) in [4.78, 5) is 12.7. The van der Waals surface area contributed by atoms with Gasteiger partial charge in [0.2, 0.25) is 5.91 Å². The van der Waals surface area contributed by atoms with Gasteiger partial charge in [0.1, 0.15) is 11.5 Å². The van der Waals surface area contributed by atoms with Crippen LogP contribution in [0, 0.1) is 0 Å². The minimum Gasteiger partial charge on any atom is -0.463 e. The summed E-state index contributed by atoms with van der Waals surface area (Å²) in [5, 5.41) is 6.34. The molecule has 0 saturated carbocycles. The Morgan fingerprint density at radius 2 is 1.90 bits per heavy atom. The molecule has 7 nitrogen and oxygen atoms in total. The third-order valence-corrected chi connectivity index (χ3v) is 6.60. The third-order valence-electron chi connectivity index (χ3n) is 4.96. The smallest absolute Gasteiger partial charge is 0.261 e. The fraction of sp³-hybridized carbons (Fsp3) is 0.182. The maximum absolute atomic E-state index is 12.9. The Labute approximate surface area is 185 Å². The first-order valence-corrected chi connectivity index (χ1v) is 11.6. The normalized spacial score (nSPS) is 16.3. The molecule has 9 heteroatoms. The van der Waals surface area contributed by atoms with Crippen molar-refractivity contribution in [2.24, 2.45) is 5.10 Å². The molecule has 0 bridgehead atoms. The second-order valence-electron chi connectivity index (χ2n) is 6.98. The molecule has 31 heavy (non-hydrogen) atoms. The zero-order valence-electron chi connectivity index (χ0n) is 16.7. The van der Waals surface area contributed by atoms with E-state index in [9.17, 15) is 13.2 Å². The summed E-state index contributed by atoms with van der Waals surface area (Å²) in [6.07, 6.45) is 2.22. The number of amides is 1. The number of carbonyl (C=O) groups is 1. The van der Waals surface area contributed by atoms with E-state index in [4.69, 9.17) is 16.0 Å². The highest BCUT2D eigenvalue weighted by Gasteiger charge is 2.35. The second-order valence-corrected chi connectivity index (χ2v) is 9.10.